The number of nitrogens with one attached hydrogen (secondary N) is 1. The molecule has 138 valence electrons. The minimum Gasteiger partial charge on any atom is -0.496 e. The van der Waals surface area contributed by atoms with Crippen molar-refractivity contribution in [2.45, 2.75) is 38.6 Å². The van der Waals surface area contributed by atoms with Gasteiger partial charge in [0, 0.05) is 0 Å². The van der Waals surface area contributed by atoms with Crippen LogP contribution >= 0.6 is 0 Å². The molecular weight excluding hydrogens is 334 g/mol. The highest BCUT2D eigenvalue weighted by Gasteiger charge is 2.18. The lowest BCUT2D eigenvalue weighted by Gasteiger charge is -2.20. The first-order valence-electron chi connectivity index (χ1n) is 9.65. The standard InChI is InChI=1S/C24H25NO2/c1-16(18-12-11-17-7-3-4-8-19(17)13-18)25-24(26)22-14-20-9-5-6-10-21(20)15-23(22)27-2/h5-6,9-16H,3-4,7-8H2,1-2H3,(H,25,26)/t16-/m0/s1. The molecule has 0 saturated carbocycles. The summed E-state index contributed by atoms with van der Waals surface area (Å²) < 4.78 is 5.48. The largest absolute Gasteiger partial charge is 0.496 e. The van der Waals surface area contributed by atoms with E-state index in [1.54, 1.807) is 7.11 Å². The van der Waals surface area contributed by atoms with Gasteiger partial charge in [-0.15, -0.1) is 0 Å². The topological polar surface area (TPSA) is 38.3 Å². The monoisotopic (exact) mass is 359 g/mol. The number of carbonyl (C=O) groups excluding carboxylic acids is 1. The highest BCUT2D eigenvalue weighted by Crippen LogP contribution is 2.28. The summed E-state index contributed by atoms with van der Waals surface area (Å²) in [5, 5.41) is 5.24. The molecule has 1 N–H and O–H groups in total. The quantitative estimate of drug-likeness (QED) is 0.694. The summed E-state index contributed by atoms with van der Waals surface area (Å²) in [7, 11) is 1.60. The Balaban J connectivity index is 1.59. The summed E-state index contributed by atoms with van der Waals surface area (Å²) in [5.74, 6) is 0.492. The highest BCUT2D eigenvalue weighted by molar-refractivity contribution is 6.01. The zero-order chi connectivity index (χ0) is 18.8. The Morgan fingerprint density at radius 2 is 1.67 bits per heavy atom. The number of fused-ring (bicyclic) bond motifs is 2. The molecule has 3 nitrogen and oxygen atoms in total. The van der Waals surface area contributed by atoms with Gasteiger partial charge in [-0.05, 0) is 72.2 Å². The molecule has 1 aliphatic rings. The zero-order valence-electron chi connectivity index (χ0n) is 15.9. The molecule has 1 amide bonds. The third-order valence-electron chi connectivity index (χ3n) is 5.53. The van der Waals surface area contributed by atoms with E-state index < -0.39 is 0 Å². The maximum atomic E-state index is 12.9. The molecule has 0 unspecified atom stereocenters. The van der Waals surface area contributed by atoms with Crippen LogP contribution in [0.1, 0.15) is 52.9 Å². The number of carbonyl (C=O) groups is 1. The van der Waals surface area contributed by atoms with Gasteiger partial charge in [0.1, 0.15) is 5.75 Å². The average Bonchev–Trinajstić information content (AvgIpc) is 2.72. The maximum absolute atomic E-state index is 12.9. The molecule has 0 spiro atoms. The second kappa shape index (κ2) is 7.43. The van der Waals surface area contributed by atoms with E-state index in [9.17, 15) is 4.79 Å². The van der Waals surface area contributed by atoms with E-state index in [1.165, 1.54) is 30.4 Å². The van der Waals surface area contributed by atoms with E-state index in [4.69, 9.17) is 4.74 Å². The van der Waals surface area contributed by atoms with Crippen molar-refractivity contribution in [2.75, 3.05) is 7.11 Å². The molecule has 1 aliphatic carbocycles. The molecule has 0 fully saturated rings. The summed E-state index contributed by atoms with van der Waals surface area (Å²) in [6.07, 6.45) is 4.85. The first-order chi connectivity index (χ1) is 13.2. The van der Waals surface area contributed by atoms with Gasteiger partial charge in [-0.25, -0.2) is 0 Å². The van der Waals surface area contributed by atoms with Crippen molar-refractivity contribution in [3.63, 3.8) is 0 Å². The molecule has 1 atom stereocenters. The molecule has 3 heteroatoms. The fourth-order valence-corrected chi connectivity index (χ4v) is 3.95. The van der Waals surface area contributed by atoms with Crippen LogP contribution in [0.2, 0.25) is 0 Å². The predicted octanol–water partition coefficient (Wildman–Crippen LogP) is 5.22. The van der Waals surface area contributed by atoms with Crippen molar-refractivity contribution in [3.05, 3.63) is 76.9 Å². The third-order valence-corrected chi connectivity index (χ3v) is 5.53. The Hall–Kier alpha value is -2.81. The molecule has 0 heterocycles. The van der Waals surface area contributed by atoms with Crippen molar-refractivity contribution in [2.24, 2.45) is 0 Å². The third kappa shape index (κ3) is 3.55. The van der Waals surface area contributed by atoms with Crippen molar-refractivity contribution in [3.8, 4) is 5.75 Å². The van der Waals surface area contributed by atoms with Gasteiger partial charge < -0.3 is 10.1 Å². The number of hydrogen-bond donors (Lipinski definition) is 1. The molecule has 0 aliphatic heterocycles. The van der Waals surface area contributed by atoms with Gasteiger partial charge in [-0.1, -0.05) is 42.5 Å². The Labute approximate surface area is 160 Å². The number of benzene rings is 3. The minimum atomic E-state index is -0.108. The molecule has 0 bridgehead atoms. The Morgan fingerprint density at radius 3 is 2.41 bits per heavy atom. The average molecular weight is 359 g/mol. The normalized spacial score (nSPS) is 14.4. The number of hydrogen-bond acceptors (Lipinski definition) is 2. The minimum absolute atomic E-state index is 0.0547. The molecule has 4 rings (SSSR count). The van der Waals surface area contributed by atoms with Crippen LogP contribution in [0.5, 0.6) is 5.75 Å². The smallest absolute Gasteiger partial charge is 0.255 e. The second-order valence-corrected chi connectivity index (χ2v) is 7.33. The van der Waals surface area contributed by atoms with Crippen LogP contribution in [-0.2, 0) is 12.8 Å². The van der Waals surface area contributed by atoms with Crippen LogP contribution in [0, 0.1) is 0 Å². The van der Waals surface area contributed by atoms with Gasteiger partial charge >= 0.3 is 0 Å². The van der Waals surface area contributed by atoms with E-state index >= 15 is 0 Å². The van der Waals surface area contributed by atoms with Crippen molar-refractivity contribution in [1.29, 1.82) is 0 Å². The molecular formula is C24H25NO2. The summed E-state index contributed by atoms with van der Waals surface area (Å²) in [6, 6.07) is 18.4. The van der Waals surface area contributed by atoms with E-state index in [1.807, 2.05) is 43.3 Å². The SMILES string of the molecule is COc1cc2ccccc2cc1C(=O)N[C@@H](C)c1ccc2c(c1)CCCC2. The molecule has 0 saturated heterocycles. The lowest BCUT2D eigenvalue weighted by atomic mass is 9.89. The summed E-state index contributed by atoms with van der Waals surface area (Å²) in [6.45, 7) is 2.04. The van der Waals surface area contributed by atoms with Crippen LogP contribution in [-0.4, -0.2) is 13.0 Å². The van der Waals surface area contributed by atoms with Crippen LogP contribution in [0.3, 0.4) is 0 Å². The molecule has 3 aromatic rings. The Morgan fingerprint density at radius 1 is 0.963 bits per heavy atom. The van der Waals surface area contributed by atoms with Crippen LogP contribution < -0.4 is 10.1 Å². The van der Waals surface area contributed by atoms with Crippen molar-refractivity contribution in [1.82, 2.24) is 5.32 Å². The maximum Gasteiger partial charge on any atom is 0.255 e. The van der Waals surface area contributed by atoms with Gasteiger partial charge in [0.25, 0.3) is 5.91 Å². The molecule has 0 aromatic heterocycles. The zero-order valence-corrected chi connectivity index (χ0v) is 15.9. The summed E-state index contributed by atoms with van der Waals surface area (Å²) in [4.78, 5) is 12.9. The fourth-order valence-electron chi connectivity index (χ4n) is 3.95. The van der Waals surface area contributed by atoms with E-state index in [0.29, 0.717) is 11.3 Å². The first kappa shape index (κ1) is 17.6. The van der Waals surface area contributed by atoms with Gasteiger partial charge in [0.05, 0.1) is 18.7 Å². The highest BCUT2D eigenvalue weighted by atomic mass is 16.5. The summed E-state index contributed by atoms with van der Waals surface area (Å²) in [5.41, 5.74) is 4.62. The first-order valence-corrected chi connectivity index (χ1v) is 9.65. The Bertz CT molecular complexity index is 993. The number of rotatable bonds is 4. The van der Waals surface area contributed by atoms with Gasteiger partial charge in [-0.2, -0.15) is 0 Å². The van der Waals surface area contributed by atoms with E-state index in [0.717, 1.165) is 22.8 Å². The molecule has 27 heavy (non-hydrogen) atoms. The molecule has 0 radical (unpaired) electrons. The van der Waals surface area contributed by atoms with E-state index in [-0.39, 0.29) is 11.9 Å². The van der Waals surface area contributed by atoms with Gasteiger partial charge in [0.2, 0.25) is 0 Å². The van der Waals surface area contributed by atoms with Crippen LogP contribution in [0.15, 0.2) is 54.6 Å². The van der Waals surface area contributed by atoms with Crippen LogP contribution in [0.4, 0.5) is 0 Å². The number of methoxy groups -OCH3 is 1. The lowest BCUT2D eigenvalue weighted by molar-refractivity contribution is 0.0937. The fraction of sp³-hybridized carbons (Fsp3) is 0.292. The van der Waals surface area contributed by atoms with Crippen LogP contribution in [0.25, 0.3) is 10.8 Å². The lowest BCUT2D eigenvalue weighted by Crippen LogP contribution is -2.27. The molecule has 3 aromatic carbocycles. The predicted molar refractivity (Wildman–Crippen MR) is 109 cm³/mol. The number of amides is 1. The van der Waals surface area contributed by atoms with Gasteiger partial charge in [-0.3, -0.25) is 4.79 Å². The van der Waals surface area contributed by atoms with Gasteiger partial charge in [0.15, 0.2) is 0 Å². The number of ether oxygens (including phenoxy) is 1. The summed E-state index contributed by atoms with van der Waals surface area (Å²) >= 11 is 0. The Kier molecular flexibility index (Phi) is 4.85. The van der Waals surface area contributed by atoms with Crippen molar-refractivity contribution >= 4 is 16.7 Å². The van der Waals surface area contributed by atoms with Crippen molar-refractivity contribution < 1.29 is 9.53 Å². The number of aryl methyl sites for hydroxylation is 2. The second-order valence-electron chi connectivity index (χ2n) is 7.33. The van der Waals surface area contributed by atoms with E-state index in [2.05, 4.69) is 23.5 Å².